The zero-order chi connectivity index (χ0) is 51.5. The van der Waals surface area contributed by atoms with Gasteiger partial charge in [-0.25, -0.2) is 4.79 Å². The normalized spacial score (nSPS) is 12.4. The minimum atomic E-state index is -0.939. The summed E-state index contributed by atoms with van der Waals surface area (Å²) in [6.45, 7) is 12.6. The molecule has 1 unspecified atom stereocenters. The highest BCUT2D eigenvalue weighted by atomic mass is 16.6. The average Bonchev–Trinajstić information content (AvgIpc) is 3.34. The lowest BCUT2D eigenvalue weighted by Crippen LogP contribution is -2.52. The number of nitrogens with one attached hydrogen (secondary N) is 4. The van der Waals surface area contributed by atoms with Crippen molar-refractivity contribution in [2.45, 2.75) is 110 Å². The Morgan fingerprint density at radius 3 is 2.04 bits per heavy atom. The number of ether oxygens (including phenoxy) is 5. The van der Waals surface area contributed by atoms with E-state index in [1.165, 1.54) is 0 Å². The molecular weight excluding hydrogens is 899 g/mol. The van der Waals surface area contributed by atoms with Crippen molar-refractivity contribution in [3.8, 4) is 34.1 Å². The van der Waals surface area contributed by atoms with Crippen molar-refractivity contribution in [3.05, 3.63) is 142 Å². The van der Waals surface area contributed by atoms with Gasteiger partial charge in [0.2, 0.25) is 11.8 Å². The predicted octanol–water partition coefficient (Wildman–Crippen LogP) is 8.64. The third-order valence-corrected chi connectivity index (χ3v) is 11.8. The molecule has 6 N–H and O–H groups in total. The van der Waals surface area contributed by atoms with Gasteiger partial charge in [0.25, 0.3) is 5.91 Å². The summed E-state index contributed by atoms with van der Waals surface area (Å²) in [7, 11) is 4.66. The molecule has 3 atom stereocenters. The second kappa shape index (κ2) is 26.8. The number of nitrogens with two attached hydrogens (primary N) is 1. The smallest absolute Gasteiger partial charge is 0.407 e. The molecule has 5 rings (SSSR count). The number of benzene rings is 5. The number of alkyl carbamates (subject to hydrolysis) is 1. The average molecular weight is 972 g/mol. The monoisotopic (exact) mass is 972 g/mol. The highest BCUT2D eigenvalue weighted by Crippen LogP contribution is 2.34. The van der Waals surface area contributed by atoms with Gasteiger partial charge < -0.3 is 50.7 Å². The molecule has 71 heavy (non-hydrogen) atoms. The Balaban J connectivity index is 1.28. The van der Waals surface area contributed by atoms with Gasteiger partial charge in [0.1, 0.15) is 34.6 Å². The molecule has 0 aliphatic rings. The second-order valence-electron chi connectivity index (χ2n) is 18.7. The molecule has 0 saturated heterocycles. The van der Waals surface area contributed by atoms with E-state index in [-0.39, 0.29) is 18.9 Å². The predicted molar refractivity (Wildman–Crippen MR) is 278 cm³/mol. The van der Waals surface area contributed by atoms with Crippen LogP contribution in [0.2, 0.25) is 0 Å². The number of hydrogen-bond acceptors (Lipinski definition) is 10. The van der Waals surface area contributed by atoms with Gasteiger partial charge in [0.05, 0.1) is 32.9 Å². The summed E-state index contributed by atoms with van der Waals surface area (Å²) < 4.78 is 28.3. The van der Waals surface area contributed by atoms with Crippen LogP contribution in [-0.4, -0.2) is 82.5 Å². The topological polar surface area (TPSA) is 189 Å². The Hall–Kier alpha value is -7.06. The lowest BCUT2D eigenvalue weighted by Gasteiger charge is -2.26. The van der Waals surface area contributed by atoms with Crippen LogP contribution >= 0.6 is 0 Å². The van der Waals surface area contributed by atoms with Crippen molar-refractivity contribution in [2.24, 2.45) is 5.73 Å². The minimum Gasteiger partial charge on any atom is -0.497 e. The highest BCUT2D eigenvalue weighted by Gasteiger charge is 2.29. The Labute approximate surface area is 419 Å². The van der Waals surface area contributed by atoms with Gasteiger partial charge in [0, 0.05) is 25.2 Å². The number of carbonyl (C=O) groups is 4. The molecule has 0 heterocycles. The molecule has 5 aromatic rings. The molecule has 0 saturated carbocycles. The quantitative estimate of drug-likeness (QED) is 0.0354. The zero-order valence-corrected chi connectivity index (χ0v) is 42.9. The van der Waals surface area contributed by atoms with Gasteiger partial charge in [-0.05, 0) is 149 Å². The van der Waals surface area contributed by atoms with E-state index in [4.69, 9.17) is 29.4 Å². The van der Waals surface area contributed by atoms with E-state index in [1.807, 2.05) is 69.3 Å². The van der Waals surface area contributed by atoms with E-state index in [0.717, 1.165) is 64.0 Å². The largest absolute Gasteiger partial charge is 0.497 e. The van der Waals surface area contributed by atoms with E-state index in [0.29, 0.717) is 60.8 Å². The van der Waals surface area contributed by atoms with Crippen LogP contribution in [-0.2, 0) is 38.4 Å². The number of rotatable bonds is 25. The summed E-state index contributed by atoms with van der Waals surface area (Å²) in [6.07, 6.45) is 3.85. The Morgan fingerprint density at radius 1 is 0.704 bits per heavy atom. The number of likely N-dealkylation sites (N-methyl/N-ethyl adjacent to an activating group) is 1. The molecule has 5 aromatic carbocycles. The van der Waals surface area contributed by atoms with Crippen LogP contribution in [0.5, 0.6) is 23.0 Å². The molecule has 4 amide bonds. The fourth-order valence-electron chi connectivity index (χ4n) is 8.21. The van der Waals surface area contributed by atoms with Crippen LogP contribution < -0.4 is 45.9 Å². The molecule has 0 spiro atoms. The number of carbonyl (C=O) groups excluding carboxylic acids is 4. The number of amides is 4. The summed E-state index contributed by atoms with van der Waals surface area (Å²) in [5.74, 6) is 1.23. The first kappa shape index (κ1) is 54.9. The van der Waals surface area contributed by atoms with Gasteiger partial charge in [0.15, 0.2) is 6.61 Å². The molecule has 0 bridgehead atoms. The van der Waals surface area contributed by atoms with Crippen LogP contribution in [0, 0.1) is 13.8 Å². The van der Waals surface area contributed by atoms with Crippen molar-refractivity contribution >= 4 is 23.8 Å². The summed E-state index contributed by atoms with van der Waals surface area (Å²) in [4.78, 5) is 52.4. The van der Waals surface area contributed by atoms with E-state index >= 15 is 0 Å². The number of unbranched alkanes of at least 4 members (excludes halogenated alkanes) is 1. The maximum atomic E-state index is 14.6. The lowest BCUT2D eigenvalue weighted by molar-refractivity contribution is -0.130. The van der Waals surface area contributed by atoms with E-state index in [1.54, 1.807) is 45.5 Å². The van der Waals surface area contributed by atoms with Gasteiger partial charge in [-0.2, -0.15) is 0 Å². The first-order valence-electron chi connectivity index (χ1n) is 24.4. The number of methoxy groups -OCH3 is 2. The maximum absolute atomic E-state index is 14.6. The molecule has 14 heteroatoms. The van der Waals surface area contributed by atoms with Gasteiger partial charge in [-0.15, -0.1) is 0 Å². The standard InChI is InChI=1S/C57H73N5O9/c1-10-41-34-46(69-29-12-11-28-60-56(66)71-57(4,5)6)25-26-47(41)42-18-16-39(17-19-42)33-49(58)54(64)61-50(15-13-14-40-31-37(2)30-38(3)32-40)55(65)62-53(48-27-24-45(67-8)35-51(48)68-9)43-20-22-44(23-21-43)70-36-52(63)59-7/h16-27,30-32,34-35,49-50,53H,10-15,28-29,33,36,58H2,1-9H3,(H,59,63)(H,60,66)(H,61,64)(H,62,65)/t49-,50-,53?/m0/s1. The van der Waals surface area contributed by atoms with Crippen molar-refractivity contribution in [3.63, 3.8) is 0 Å². The summed E-state index contributed by atoms with van der Waals surface area (Å²) >= 11 is 0. The Kier molecular flexibility index (Phi) is 20.7. The minimum absolute atomic E-state index is 0.146. The van der Waals surface area contributed by atoms with E-state index < -0.39 is 41.6 Å². The second-order valence-corrected chi connectivity index (χ2v) is 18.7. The van der Waals surface area contributed by atoms with E-state index in [9.17, 15) is 19.2 Å². The van der Waals surface area contributed by atoms with Crippen LogP contribution in [0.1, 0.15) is 98.4 Å². The summed E-state index contributed by atoms with van der Waals surface area (Å²) in [5, 5.41) is 11.6. The third-order valence-electron chi connectivity index (χ3n) is 11.8. The van der Waals surface area contributed by atoms with Crippen molar-refractivity contribution in [1.29, 1.82) is 0 Å². The zero-order valence-electron chi connectivity index (χ0n) is 42.9. The Morgan fingerprint density at radius 2 is 1.39 bits per heavy atom. The summed E-state index contributed by atoms with van der Waals surface area (Å²) in [6, 6.07) is 30.4. The SMILES string of the molecule is CCc1cc(OCCCCNC(=O)OC(C)(C)C)ccc1-c1ccc(C[C@H](N)C(=O)N[C@@H](CCCc2cc(C)cc(C)c2)C(=O)NC(c2ccc(OCC(=O)NC)cc2)c2ccc(OC)cc2OC)cc1. The molecule has 380 valence electrons. The molecule has 0 radical (unpaired) electrons. The van der Waals surface area contributed by atoms with Crippen molar-refractivity contribution < 1.29 is 42.9 Å². The van der Waals surface area contributed by atoms with Gasteiger partial charge in [-0.3, -0.25) is 14.4 Å². The highest BCUT2D eigenvalue weighted by molar-refractivity contribution is 5.90. The maximum Gasteiger partial charge on any atom is 0.407 e. The molecule has 14 nitrogen and oxygen atoms in total. The van der Waals surface area contributed by atoms with E-state index in [2.05, 4.69) is 72.4 Å². The molecule has 0 aliphatic carbocycles. The number of aryl methyl sites for hydroxylation is 4. The van der Waals surface area contributed by atoms with Crippen LogP contribution in [0.4, 0.5) is 4.79 Å². The molecule has 0 fully saturated rings. The van der Waals surface area contributed by atoms with Crippen LogP contribution in [0.15, 0.2) is 103 Å². The molecule has 0 aliphatic heterocycles. The lowest BCUT2D eigenvalue weighted by atomic mass is 9.95. The van der Waals surface area contributed by atoms with Gasteiger partial charge >= 0.3 is 6.09 Å². The molecular formula is C57H73N5O9. The fourth-order valence-corrected chi connectivity index (χ4v) is 8.21. The first-order valence-corrected chi connectivity index (χ1v) is 24.4. The molecule has 0 aromatic heterocycles. The van der Waals surface area contributed by atoms with Crippen molar-refractivity contribution in [1.82, 2.24) is 21.3 Å². The van der Waals surface area contributed by atoms with Crippen LogP contribution in [0.3, 0.4) is 0 Å². The van der Waals surface area contributed by atoms with Crippen LogP contribution in [0.25, 0.3) is 11.1 Å². The number of hydrogen-bond donors (Lipinski definition) is 5. The first-order chi connectivity index (χ1) is 34.0. The Bertz CT molecular complexity index is 2520. The third kappa shape index (κ3) is 17.4. The fraction of sp³-hybridized carbons (Fsp3) is 0.404. The van der Waals surface area contributed by atoms with Crippen molar-refractivity contribution in [2.75, 3.05) is 41.0 Å². The summed E-state index contributed by atoms with van der Waals surface area (Å²) in [5.41, 5.74) is 15.1. The van der Waals surface area contributed by atoms with Gasteiger partial charge in [-0.1, -0.05) is 78.7 Å².